The van der Waals surface area contributed by atoms with Crippen molar-refractivity contribution >= 4 is 16.8 Å². The van der Waals surface area contributed by atoms with Gasteiger partial charge in [-0.3, -0.25) is 4.79 Å². The summed E-state index contributed by atoms with van der Waals surface area (Å²) in [7, 11) is 0. The van der Waals surface area contributed by atoms with Crippen LogP contribution in [0.5, 0.6) is 0 Å². The Morgan fingerprint density at radius 3 is 2.83 bits per heavy atom. The van der Waals surface area contributed by atoms with Crippen LogP contribution >= 0.6 is 0 Å². The van der Waals surface area contributed by atoms with E-state index in [1.165, 1.54) is 0 Å². The first kappa shape index (κ1) is 16.1. The van der Waals surface area contributed by atoms with Gasteiger partial charge in [-0.15, -0.1) is 0 Å². The number of nitrogens with zero attached hydrogens (tertiary/aromatic N) is 1. The lowest BCUT2D eigenvalue weighted by atomic mass is 9.93. The highest BCUT2D eigenvalue weighted by Crippen LogP contribution is 2.26. The smallest absolute Gasteiger partial charge is 0.252 e. The van der Waals surface area contributed by atoms with E-state index < -0.39 is 0 Å². The number of benzene rings is 1. The molecule has 1 aliphatic rings. The van der Waals surface area contributed by atoms with E-state index in [9.17, 15) is 4.79 Å². The van der Waals surface area contributed by atoms with Crippen LogP contribution in [0.1, 0.15) is 56.9 Å². The van der Waals surface area contributed by atoms with Crippen LogP contribution in [-0.2, 0) is 4.74 Å². The lowest BCUT2D eigenvalue weighted by Gasteiger charge is -2.35. The Kier molecular flexibility index (Phi) is 4.19. The molecule has 2 aromatic rings. The van der Waals surface area contributed by atoms with Crippen molar-refractivity contribution in [1.29, 1.82) is 0 Å². The van der Waals surface area contributed by atoms with Gasteiger partial charge in [0.1, 0.15) is 0 Å². The average molecular weight is 314 g/mol. The molecule has 0 bridgehead atoms. The Bertz CT molecular complexity index is 715. The van der Waals surface area contributed by atoms with Gasteiger partial charge in [0.2, 0.25) is 0 Å². The minimum atomic E-state index is -0.164. The van der Waals surface area contributed by atoms with Gasteiger partial charge in [-0.2, -0.15) is 0 Å². The van der Waals surface area contributed by atoms with Crippen LogP contribution in [0.4, 0.5) is 0 Å². The second-order valence-corrected chi connectivity index (χ2v) is 7.33. The van der Waals surface area contributed by atoms with Gasteiger partial charge in [0, 0.05) is 41.4 Å². The molecule has 1 unspecified atom stereocenters. The molecule has 4 heteroatoms. The first-order valence-electron chi connectivity index (χ1n) is 8.42. The molecule has 1 atom stereocenters. The lowest BCUT2D eigenvalue weighted by molar-refractivity contribution is -0.0615. The van der Waals surface area contributed by atoms with Crippen molar-refractivity contribution in [3.8, 4) is 0 Å². The molecule has 0 radical (unpaired) electrons. The molecule has 1 aromatic heterocycles. The number of carbonyl (C=O) groups is 1. The molecular weight excluding hydrogens is 288 g/mol. The second-order valence-electron chi connectivity index (χ2n) is 7.33. The second kappa shape index (κ2) is 6.00. The maximum absolute atomic E-state index is 12.8. The maximum atomic E-state index is 12.8. The number of rotatable bonds is 3. The predicted octanol–water partition coefficient (Wildman–Crippen LogP) is 3.91. The summed E-state index contributed by atoms with van der Waals surface area (Å²) < 4.78 is 7.93. The Morgan fingerprint density at radius 2 is 2.13 bits per heavy atom. The van der Waals surface area contributed by atoms with Crippen LogP contribution < -0.4 is 5.32 Å². The predicted molar refractivity (Wildman–Crippen MR) is 92.8 cm³/mol. The number of fused-ring (bicyclic) bond motifs is 1. The molecule has 2 heterocycles. The van der Waals surface area contributed by atoms with Crippen LogP contribution in [-0.4, -0.2) is 28.7 Å². The largest absolute Gasteiger partial charge is 0.375 e. The molecule has 0 saturated carbocycles. The number of aromatic nitrogens is 1. The lowest BCUT2D eigenvalue weighted by Crippen LogP contribution is -2.45. The summed E-state index contributed by atoms with van der Waals surface area (Å²) in [4.78, 5) is 12.8. The number of carbonyl (C=O) groups excluding carboxylic acids is 1. The Morgan fingerprint density at radius 1 is 1.35 bits per heavy atom. The average Bonchev–Trinajstić information content (AvgIpc) is 2.89. The molecule has 1 fully saturated rings. The fraction of sp³-hybridized carbons (Fsp3) is 0.526. The van der Waals surface area contributed by atoms with Crippen molar-refractivity contribution in [2.75, 3.05) is 6.61 Å². The topological polar surface area (TPSA) is 43.3 Å². The molecule has 23 heavy (non-hydrogen) atoms. The van der Waals surface area contributed by atoms with Crippen LogP contribution in [0, 0.1) is 0 Å². The van der Waals surface area contributed by atoms with E-state index in [-0.39, 0.29) is 17.6 Å². The van der Waals surface area contributed by atoms with E-state index in [4.69, 9.17) is 4.74 Å². The molecule has 4 nitrogen and oxygen atoms in total. The van der Waals surface area contributed by atoms with Gasteiger partial charge in [-0.25, -0.2) is 0 Å². The quantitative estimate of drug-likeness (QED) is 0.933. The zero-order valence-corrected chi connectivity index (χ0v) is 14.4. The zero-order chi connectivity index (χ0) is 16.6. The Labute approximate surface area is 137 Å². The normalized spacial score (nSPS) is 20.8. The van der Waals surface area contributed by atoms with E-state index >= 15 is 0 Å². The van der Waals surface area contributed by atoms with E-state index in [1.807, 2.05) is 18.2 Å². The molecule has 1 N–H and O–H groups in total. The van der Waals surface area contributed by atoms with Crippen LogP contribution in [0.25, 0.3) is 10.9 Å². The van der Waals surface area contributed by atoms with E-state index in [0.717, 1.165) is 29.3 Å². The molecule has 0 spiro atoms. The number of ether oxygens (including phenoxy) is 1. The van der Waals surface area contributed by atoms with Crippen LogP contribution in [0.3, 0.4) is 0 Å². The highest BCUT2D eigenvalue weighted by atomic mass is 16.5. The number of hydrogen-bond donors (Lipinski definition) is 1. The van der Waals surface area contributed by atoms with Crippen LogP contribution in [0.2, 0.25) is 0 Å². The van der Waals surface area contributed by atoms with Gasteiger partial charge in [0.25, 0.3) is 5.91 Å². The molecular formula is C19H26N2O2. The summed E-state index contributed by atoms with van der Waals surface area (Å²) in [5, 5.41) is 4.21. The molecule has 0 aliphatic carbocycles. The third kappa shape index (κ3) is 3.27. The highest BCUT2D eigenvalue weighted by Gasteiger charge is 2.30. The summed E-state index contributed by atoms with van der Waals surface area (Å²) in [5.41, 5.74) is 1.70. The molecule has 1 saturated heterocycles. The first-order chi connectivity index (χ1) is 10.9. The van der Waals surface area contributed by atoms with Crippen molar-refractivity contribution in [3.05, 3.63) is 36.0 Å². The van der Waals surface area contributed by atoms with Crippen molar-refractivity contribution in [3.63, 3.8) is 0 Å². The van der Waals surface area contributed by atoms with Crippen molar-refractivity contribution in [2.24, 2.45) is 0 Å². The fourth-order valence-electron chi connectivity index (χ4n) is 3.45. The molecule has 1 aliphatic heterocycles. The standard InChI is InChI=1S/C19H26N2O2/c1-13(2)21-10-8-15-16(6-5-7-17(15)21)18(22)20-14-9-11-23-19(3,4)12-14/h5-8,10,13-14H,9,11-12H2,1-4H3,(H,20,22). The SMILES string of the molecule is CC(C)n1ccc2c(C(=O)NC3CCOC(C)(C)C3)cccc21. The number of amides is 1. The third-order valence-electron chi connectivity index (χ3n) is 4.60. The number of hydrogen-bond acceptors (Lipinski definition) is 2. The van der Waals surface area contributed by atoms with Crippen LogP contribution in [0.15, 0.2) is 30.5 Å². The van der Waals surface area contributed by atoms with E-state index in [0.29, 0.717) is 12.6 Å². The van der Waals surface area contributed by atoms with Gasteiger partial charge in [0.15, 0.2) is 0 Å². The van der Waals surface area contributed by atoms with Gasteiger partial charge >= 0.3 is 0 Å². The Hall–Kier alpha value is -1.81. The van der Waals surface area contributed by atoms with Crippen molar-refractivity contribution in [2.45, 2.75) is 58.2 Å². The minimum absolute atomic E-state index is 0.0137. The molecule has 124 valence electrons. The summed E-state index contributed by atoms with van der Waals surface area (Å²) in [6, 6.07) is 8.54. The van der Waals surface area contributed by atoms with Crippen molar-refractivity contribution in [1.82, 2.24) is 9.88 Å². The number of nitrogens with one attached hydrogen (secondary N) is 1. The Balaban J connectivity index is 1.84. The van der Waals surface area contributed by atoms with E-state index in [2.05, 4.69) is 49.8 Å². The van der Waals surface area contributed by atoms with Gasteiger partial charge in [0.05, 0.1) is 5.60 Å². The third-order valence-corrected chi connectivity index (χ3v) is 4.60. The fourth-order valence-corrected chi connectivity index (χ4v) is 3.45. The highest BCUT2D eigenvalue weighted by molar-refractivity contribution is 6.06. The zero-order valence-electron chi connectivity index (χ0n) is 14.4. The first-order valence-corrected chi connectivity index (χ1v) is 8.42. The van der Waals surface area contributed by atoms with E-state index in [1.54, 1.807) is 0 Å². The maximum Gasteiger partial charge on any atom is 0.252 e. The van der Waals surface area contributed by atoms with Gasteiger partial charge in [-0.1, -0.05) is 6.07 Å². The summed E-state index contributed by atoms with van der Waals surface area (Å²) in [6.45, 7) is 9.15. The summed E-state index contributed by atoms with van der Waals surface area (Å²) >= 11 is 0. The van der Waals surface area contributed by atoms with Gasteiger partial charge < -0.3 is 14.6 Å². The van der Waals surface area contributed by atoms with Crippen molar-refractivity contribution < 1.29 is 9.53 Å². The molecule has 1 amide bonds. The monoisotopic (exact) mass is 314 g/mol. The summed E-state index contributed by atoms with van der Waals surface area (Å²) in [5.74, 6) is 0.0137. The molecule has 3 rings (SSSR count). The summed E-state index contributed by atoms with van der Waals surface area (Å²) in [6.07, 6.45) is 3.78. The minimum Gasteiger partial charge on any atom is -0.375 e. The molecule has 1 aromatic carbocycles. The van der Waals surface area contributed by atoms with Gasteiger partial charge in [-0.05, 0) is 58.7 Å².